The van der Waals surface area contributed by atoms with E-state index in [-0.39, 0.29) is 5.79 Å². The third-order valence-corrected chi connectivity index (χ3v) is 5.87. The molecule has 3 saturated heterocycles. The molecule has 1 aliphatic carbocycles. The fourth-order valence-electron chi connectivity index (χ4n) is 4.75. The van der Waals surface area contributed by atoms with Gasteiger partial charge < -0.3 is 14.8 Å². The number of ether oxygens (including phenoxy) is 2. The highest BCUT2D eigenvalue weighted by Gasteiger charge is 2.42. The van der Waals surface area contributed by atoms with E-state index < -0.39 is 0 Å². The van der Waals surface area contributed by atoms with E-state index in [1.807, 2.05) is 0 Å². The van der Waals surface area contributed by atoms with Gasteiger partial charge in [0.2, 0.25) is 0 Å². The van der Waals surface area contributed by atoms with Crippen molar-refractivity contribution in [1.29, 1.82) is 0 Å². The maximum absolute atomic E-state index is 5.83. The highest BCUT2D eigenvalue weighted by atomic mass is 16.7. The highest BCUT2D eigenvalue weighted by Crippen LogP contribution is 2.36. The average molecular weight is 280 g/mol. The van der Waals surface area contributed by atoms with Gasteiger partial charge in [-0.05, 0) is 38.6 Å². The van der Waals surface area contributed by atoms with Crippen molar-refractivity contribution < 1.29 is 9.47 Å². The summed E-state index contributed by atoms with van der Waals surface area (Å²) in [7, 11) is 0. The minimum absolute atomic E-state index is 0.204. The van der Waals surface area contributed by atoms with Gasteiger partial charge >= 0.3 is 0 Å². The molecule has 0 aromatic carbocycles. The fourth-order valence-corrected chi connectivity index (χ4v) is 4.75. The molecule has 0 aromatic rings. The third-order valence-electron chi connectivity index (χ3n) is 5.87. The molecule has 2 unspecified atom stereocenters. The van der Waals surface area contributed by atoms with Crippen LogP contribution in [0.15, 0.2) is 0 Å². The molecule has 1 saturated carbocycles. The Balaban J connectivity index is 1.30. The normalized spacial score (nSPS) is 38.4. The first-order valence-corrected chi connectivity index (χ1v) is 8.63. The number of nitrogens with zero attached hydrogens (tertiary/aromatic N) is 1. The van der Waals surface area contributed by atoms with Gasteiger partial charge in [0.25, 0.3) is 0 Å². The van der Waals surface area contributed by atoms with Crippen molar-refractivity contribution in [3.63, 3.8) is 0 Å². The molecule has 4 aliphatic rings. The lowest BCUT2D eigenvalue weighted by molar-refractivity contribution is -0.179. The number of fused-ring (bicyclic) bond motifs is 1. The van der Waals surface area contributed by atoms with Gasteiger partial charge in [-0.3, -0.25) is 4.90 Å². The molecule has 3 heterocycles. The standard InChI is InChI=1S/C16H28N2O2/c1-2-9-18-10-6-14(15(18)3-1)17-13-4-7-16(8-5-13)19-11-12-20-16/h13-15,17H,1-12H2. The van der Waals surface area contributed by atoms with Crippen LogP contribution in [0.1, 0.15) is 51.4 Å². The maximum atomic E-state index is 5.83. The Hall–Kier alpha value is -0.160. The van der Waals surface area contributed by atoms with Gasteiger partial charge in [-0.2, -0.15) is 0 Å². The lowest BCUT2D eigenvalue weighted by Crippen LogP contribution is -2.50. The third kappa shape index (κ3) is 2.52. The lowest BCUT2D eigenvalue weighted by Gasteiger charge is -2.39. The first-order chi connectivity index (χ1) is 9.85. The smallest absolute Gasteiger partial charge is 0.168 e. The van der Waals surface area contributed by atoms with Crippen LogP contribution in [0.5, 0.6) is 0 Å². The van der Waals surface area contributed by atoms with E-state index >= 15 is 0 Å². The van der Waals surface area contributed by atoms with E-state index in [4.69, 9.17) is 9.47 Å². The minimum atomic E-state index is -0.204. The van der Waals surface area contributed by atoms with E-state index in [0.29, 0.717) is 6.04 Å². The first kappa shape index (κ1) is 13.5. The monoisotopic (exact) mass is 280 g/mol. The maximum Gasteiger partial charge on any atom is 0.168 e. The Kier molecular flexibility index (Phi) is 3.75. The van der Waals surface area contributed by atoms with Crippen molar-refractivity contribution in [3.8, 4) is 0 Å². The molecule has 2 atom stereocenters. The Bertz CT molecular complexity index is 333. The second-order valence-electron chi connectivity index (χ2n) is 7.04. The molecular formula is C16H28N2O2. The van der Waals surface area contributed by atoms with Crippen LogP contribution in [-0.4, -0.2) is 55.1 Å². The Morgan fingerprint density at radius 3 is 2.50 bits per heavy atom. The van der Waals surface area contributed by atoms with Crippen LogP contribution in [0.2, 0.25) is 0 Å². The molecule has 4 fully saturated rings. The summed E-state index contributed by atoms with van der Waals surface area (Å²) >= 11 is 0. The predicted molar refractivity (Wildman–Crippen MR) is 77.6 cm³/mol. The number of hydrogen-bond acceptors (Lipinski definition) is 4. The molecule has 0 aromatic heterocycles. The number of nitrogens with one attached hydrogen (secondary N) is 1. The van der Waals surface area contributed by atoms with E-state index in [2.05, 4.69) is 10.2 Å². The summed E-state index contributed by atoms with van der Waals surface area (Å²) in [6, 6.07) is 2.23. The van der Waals surface area contributed by atoms with E-state index in [9.17, 15) is 0 Å². The predicted octanol–water partition coefficient (Wildman–Crippen LogP) is 1.89. The largest absolute Gasteiger partial charge is 0.348 e. The van der Waals surface area contributed by atoms with Crippen LogP contribution in [-0.2, 0) is 9.47 Å². The molecule has 20 heavy (non-hydrogen) atoms. The van der Waals surface area contributed by atoms with Crippen molar-refractivity contribution in [1.82, 2.24) is 10.2 Å². The van der Waals surface area contributed by atoms with Crippen molar-refractivity contribution in [2.24, 2.45) is 0 Å². The molecular weight excluding hydrogens is 252 g/mol. The Morgan fingerprint density at radius 1 is 0.900 bits per heavy atom. The quantitative estimate of drug-likeness (QED) is 0.837. The Labute approximate surface area is 122 Å². The summed E-state index contributed by atoms with van der Waals surface area (Å²) in [4.78, 5) is 2.72. The molecule has 0 radical (unpaired) electrons. The topological polar surface area (TPSA) is 33.7 Å². The van der Waals surface area contributed by atoms with Gasteiger partial charge in [-0.15, -0.1) is 0 Å². The van der Waals surface area contributed by atoms with E-state index in [1.165, 1.54) is 51.6 Å². The average Bonchev–Trinajstić information content (AvgIpc) is 3.10. The SMILES string of the molecule is C1CCN2CCC(NC3CCC4(CC3)OCCO4)C2C1. The van der Waals surface area contributed by atoms with E-state index in [0.717, 1.165) is 38.1 Å². The second-order valence-corrected chi connectivity index (χ2v) is 7.04. The van der Waals surface area contributed by atoms with Crippen LogP contribution in [0.25, 0.3) is 0 Å². The number of rotatable bonds is 2. The molecule has 0 bridgehead atoms. The highest BCUT2D eigenvalue weighted by molar-refractivity contribution is 4.96. The summed E-state index contributed by atoms with van der Waals surface area (Å²) < 4.78 is 11.7. The van der Waals surface area contributed by atoms with Crippen LogP contribution in [0.4, 0.5) is 0 Å². The summed E-state index contributed by atoms with van der Waals surface area (Å²) in [5.74, 6) is -0.204. The van der Waals surface area contributed by atoms with E-state index in [1.54, 1.807) is 0 Å². The zero-order valence-electron chi connectivity index (χ0n) is 12.5. The summed E-state index contributed by atoms with van der Waals surface area (Å²) in [6.07, 6.45) is 10.2. The van der Waals surface area contributed by atoms with Crippen molar-refractivity contribution >= 4 is 0 Å². The van der Waals surface area contributed by atoms with Crippen molar-refractivity contribution in [2.75, 3.05) is 26.3 Å². The molecule has 1 spiro atoms. The molecule has 4 rings (SSSR count). The minimum Gasteiger partial charge on any atom is -0.348 e. The molecule has 4 nitrogen and oxygen atoms in total. The molecule has 114 valence electrons. The number of hydrogen-bond donors (Lipinski definition) is 1. The summed E-state index contributed by atoms with van der Waals surface area (Å²) in [5, 5.41) is 3.97. The first-order valence-electron chi connectivity index (χ1n) is 8.63. The second kappa shape index (κ2) is 5.56. The van der Waals surface area contributed by atoms with Gasteiger partial charge in [0, 0.05) is 37.5 Å². The molecule has 0 amide bonds. The number of piperidine rings is 1. The van der Waals surface area contributed by atoms with Crippen LogP contribution < -0.4 is 5.32 Å². The summed E-state index contributed by atoms with van der Waals surface area (Å²) in [5.41, 5.74) is 0. The van der Waals surface area contributed by atoms with Gasteiger partial charge in [-0.25, -0.2) is 0 Å². The van der Waals surface area contributed by atoms with Crippen molar-refractivity contribution in [2.45, 2.75) is 75.3 Å². The zero-order valence-corrected chi connectivity index (χ0v) is 12.5. The van der Waals surface area contributed by atoms with Gasteiger partial charge in [0.05, 0.1) is 13.2 Å². The Morgan fingerprint density at radius 2 is 1.70 bits per heavy atom. The van der Waals surface area contributed by atoms with Gasteiger partial charge in [-0.1, -0.05) is 6.42 Å². The molecule has 1 N–H and O–H groups in total. The fraction of sp³-hybridized carbons (Fsp3) is 1.00. The summed E-state index contributed by atoms with van der Waals surface area (Å²) in [6.45, 7) is 4.22. The van der Waals surface area contributed by atoms with Crippen LogP contribution >= 0.6 is 0 Å². The van der Waals surface area contributed by atoms with Gasteiger partial charge in [0.15, 0.2) is 5.79 Å². The van der Waals surface area contributed by atoms with Crippen molar-refractivity contribution in [3.05, 3.63) is 0 Å². The lowest BCUT2D eigenvalue weighted by atomic mass is 9.88. The van der Waals surface area contributed by atoms with Crippen LogP contribution in [0, 0.1) is 0 Å². The zero-order chi connectivity index (χ0) is 13.4. The van der Waals surface area contributed by atoms with Gasteiger partial charge in [0.1, 0.15) is 0 Å². The molecule has 4 heteroatoms. The molecule has 3 aliphatic heterocycles. The van der Waals surface area contributed by atoms with Crippen LogP contribution in [0.3, 0.4) is 0 Å².